The second kappa shape index (κ2) is 15.3. The molecule has 37 heavy (non-hydrogen) atoms. The highest BCUT2D eigenvalue weighted by atomic mass is 32.2. The smallest absolute Gasteiger partial charge is 0.268 e. The maximum absolute atomic E-state index is 12.8. The number of hydrogen-bond donors (Lipinski definition) is 3. The minimum Gasteiger partial charge on any atom is -0.504 e. The second-order valence-corrected chi connectivity index (χ2v) is 12.0. The second-order valence-electron chi connectivity index (χ2n) is 7.83. The Morgan fingerprint density at radius 1 is 1.05 bits per heavy atom. The quantitative estimate of drug-likeness (QED) is 0.379. The van der Waals surface area contributed by atoms with Gasteiger partial charge in [-0.25, -0.2) is 12.6 Å². The molecular weight excluding hydrogens is 534 g/mol. The van der Waals surface area contributed by atoms with Gasteiger partial charge in [-0.2, -0.15) is 8.70 Å². The first-order valence-electron chi connectivity index (χ1n) is 12.4. The van der Waals surface area contributed by atoms with Gasteiger partial charge in [0.05, 0.1) is 18.8 Å². The zero-order valence-corrected chi connectivity index (χ0v) is 25.7. The van der Waals surface area contributed by atoms with Crippen LogP contribution >= 0.6 is 11.3 Å². The molecule has 0 radical (unpaired) electrons. The maximum atomic E-state index is 12.8. The minimum absolute atomic E-state index is 0.101. The minimum atomic E-state index is -3.79. The molecule has 0 bridgehead atoms. The standard InChI is InChI=1S/C19H27N5O5S3.C3H8.C2H6/c1-6-24(7-2)32(27,28)19-17(25)16(13(5)30-19)20-10-15-18(23-31(26)22-15)21-9-14-8-11(3)12(4)29-14;1-3-2;1-2/h8,20,25H,6-7,9-10H2,1-5H3,(H,21,23);3H2,1-2H3;1-2H3. The number of hydrogen-bond acceptors (Lipinski definition) is 8. The van der Waals surface area contributed by atoms with Crippen molar-refractivity contribution in [3.05, 3.63) is 28.0 Å². The normalized spacial score (nSPS) is 14.8. The average molecular weight is 576 g/mol. The van der Waals surface area contributed by atoms with E-state index in [1.54, 1.807) is 20.8 Å². The summed E-state index contributed by atoms with van der Waals surface area (Å²) in [5.41, 5.74) is 1.74. The summed E-state index contributed by atoms with van der Waals surface area (Å²) in [6.07, 6.45) is 1.25. The molecule has 0 saturated heterocycles. The van der Waals surface area contributed by atoms with Crippen LogP contribution in [0.5, 0.6) is 5.75 Å². The predicted octanol–water partition coefficient (Wildman–Crippen LogP) is 5.08. The van der Waals surface area contributed by atoms with E-state index in [9.17, 15) is 17.7 Å². The molecule has 0 spiro atoms. The molecule has 2 aromatic heterocycles. The van der Waals surface area contributed by atoms with Crippen LogP contribution in [0.3, 0.4) is 0 Å². The summed E-state index contributed by atoms with van der Waals surface area (Å²) in [6.45, 7) is 18.3. The van der Waals surface area contributed by atoms with E-state index in [0.717, 1.165) is 22.7 Å². The van der Waals surface area contributed by atoms with Crippen molar-refractivity contribution in [3.63, 3.8) is 0 Å². The number of anilines is 1. The van der Waals surface area contributed by atoms with Gasteiger partial charge in [0.25, 0.3) is 21.2 Å². The summed E-state index contributed by atoms with van der Waals surface area (Å²) >= 11 is -0.744. The number of nitrogens with one attached hydrogen (secondary N) is 2. The number of rotatable bonds is 9. The average Bonchev–Trinajstić information content (AvgIpc) is 3.47. The third-order valence-electron chi connectivity index (χ3n) is 5.02. The SMILES string of the molecule is CC.CCC.CCN(CC)S(=O)(=O)c1sc(C)c(NCC2=NS(=O)N=C2NCc2cc(C)c(C)o2)c1O. The van der Waals surface area contributed by atoms with Gasteiger partial charge in [-0.15, -0.1) is 15.7 Å². The van der Waals surface area contributed by atoms with Crippen LogP contribution in [-0.4, -0.2) is 53.2 Å². The van der Waals surface area contributed by atoms with Crippen molar-refractivity contribution in [2.45, 2.75) is 79.5 Å². The van der Waals surface area contributed by atoms with Crippen molar-refractivity contribution in [1.82, 2.24) is 9.62 Å². The Balaban J connectivity index is 0.00000127. The molecule has 10 nitrogen and oxygen atoms in total. The topological polar surface area (TPSA) is 137 Å². The number of thiophene rings is 1. The molecule has 1 aliphatic rings. The molecule has 13 heteroatoms. The Morgan fingerprint density at radius 3 is 2.16 bits per heavy atom. The molecule has 0 aromatic carbocycles. The lowest BCUT2D eigenvalue weighted by atomic mass is 10.2. The Kier molecular flexibility index (Phi) is 13.5. The highest BCUT2D eigenvalue weighted by molar-refractivity contribution is 7.91. The van der Waals surface area contributed by atoms with Gasteiger partial charge < -0.3 is 20.2 Å². The Morgan fingerprint density at radius 2 is 1.65 bits per heavy atom. The van der Waals surface area contributed by atoms with Gasteiger partial charge in [0, 0.05) is 18.0 Å². The number of furan rings is 1. The predicted molar refractivity (Wildman–Crippen MR) is 155 cm³/mol. The molecule has 0 aliphatic carbocycles. The van der Waals surface area contributed by atoms with Crippen LogP contribution in [0, 0.1) is 20.8 Å². The van der Waals surface area contributed by atoms with E-state index in [1.807, 2.05) is 33.8 Å². The van der Waals surface area contributed by atoms with Crippen LogP contribution in [0.25, 0.3) is 0 Å². The lowest BCUT2D eigenvalue weighted by Gasteiger charge is -2.17. The van der Waals surface area contributed by atoms with E-state index in [0.29, 0.717) is 47.5 Å². The maximum Gasteiger partial charge on any atom is 0.268 e. The lowest BCUT2D eigenvalue weighted by Crippen LogP contribution is -2.33. The van der Waals surface area contributed by atoms with E-state index in [2.05, 4.69) is 33.3 Å². The zero-order valence-electron chi connectivity index (χ0n) is 23.3. The fraction of sp³-hybridized carbons (Fsp3) is 0.583. The van der Waals surface area contributed by atoms with Gasteiger partial charge in [0.15, 0.2) is 15.8 Å². The molecular formula is C24H41N5O5S3. The molecule has 1 aliphatic heterocycles. The van der Waals surface area contributed by atoms with Crippen molar-refractivity contribution >= 4 is 49.8 Å². The highest BCUT2D eigenvalue weighted by Crippen LogP contribution is 2.42. The summed E-state index contributed by atoms with van der Waals surface area (Å²) in [7, 11) is -3.79. The highest BCUT2D eigenvalue weighted by Gasteiger charge is 2.30. The van der Waals surface area contributed by atoms with E-state index in [4.69, 9.17) is 4.42 Å². The van der Waals surface area contributed by atoms with E-state index in [-0.39, 0.29) is 16.5 Å². The number of aromatic hydroxyl groups is 1. The third-order valence-corrected chi connectivity index (χ3v) is 9.36. The van der Waals surface area contributed by atoms with Crippen LogP contribution in [0.4, 0.5) is 5.69 Å². The van der Waals surface area contributed by atoms with E-state index in [1.165, 1.54) is 10.7 Å². The Bertz CT molecular complexity index is 1190. The van der Waals surface area contributed by atoms with Crippen LogP contribution in [0.2, 0.25) is 0 Å². The number of nitrogens with zero attached hydrogens (tertiary/aromatic N) is 3. The molecule has 0 fully saturated rings. The molecule has 1 unspecified atom stereocenters. The lowest BCUT2D eigenvalue weighted by molar-refractivity contribution is 0.434. The number of aryl methyl sites for hydroxylation is 3. The fourth-order valence-corrected chi connectivity index (χ4v) is 7.02. The molecule has 3 heterocycles. The zero-order chi connectivity index (χ0) is 28.3. The Hall–Kier alpha value is -2.22. The van der Waals surface area contributed by atoms with Crippen molar-refractivity contribution in [1.29, 1.82) is 0 Å². The molecule has 2 aromatic rings. The van der Waals surface area contributed by atoms with Gasteiger partial charge in [-0.1, -0.05) is 48.0 Å². The summed E-state index contributed by atoms with van der Waals surface area (Å²) in [5.74, 6) is 1.57. The molecule has 0 saturated carbocycles. The van der Waals surface area contributed by atoms with Gasteiger partial charge >= 0.3 is 0 Å². The third kappa shape index (κ3) is 8.39. The van der Waals surface area contributed by atoms with Crippen molar-refractivity contribution < 1.29 is 22.2 Å². The summed E-state index contributed by atoms with van der Waals surface area (Å²) in [5, 5.41) is 16.7. The molecule has 3 rings (SSSR count). The van der Waals surface area contributed by atoms with Gasteiger partial charge in [-0.3, -0.25) is 0 Å². The summed E-state index contributed by atoms with van der Waals surface area (Å²) in [6, 6.07) is 1.91. The molecule has 210 valence electrons. The van der Waals surface area contributed by atoms with Crippen LogP contribution in [-0.2, 0) is 27.7 Å². The number of amidine groups is 1. The van der Waals surface area contributed by atoms with Crippen LogP contribution in [0.15, 0.2) is 23.5 Å². The van der Waals surface area contributed by atoms with Gasteiger partial charge in [0.1, 0.15) is 17.2 Å². The number of sulfonamides is 1. The van der Waals surface area contributed by atoms with E-state index < -0.39 is 21.2 Å². The molecule has 0 amide bonds. The van der Waals surface area contributed by atoms with Crippen molar-refractivity contribution in [2.24, 2.45) is 8.80 Å². The largest absolute Gasteiger partial charge is 0.504 e. The first-order chi connectivity index (χ1) is 17.5. The summed E-state index contributed by atoms with van der Waals surface area (Å²) in [4.78, 5) is 0.612. The van der Waals surface area contributed by atoms with Crippen LogP contribution < -0.4 is 10.6 Å². The first-order valence-corrected chi connectivity index (χ1v) is 15.8. The van der Waals surface area contributed by atoms with Crippen molar-refractivity contribution in [3.8, 4) is 5.75 Å². The van der Waals surface area contributed by atoms with E-state index >= 15 is 0 Å². The molecule has 3 N–H and O–H groups in total. The monoisotopic (exact) mass is 575 g/mol. The summed E-state index contributed by atoms with van der Waals surface area (Å²) < 4.78 is 52.3. The van der Waals surface area contributed by atoms with Crippen LogP contribution in [0.1, 0.15) is 69.9 Å². The fourth-order valence-electron chi connectivity index (χ4n) is 3.19. The van der Waals surface area contributed by atoms with Crippen molar-refractivity contribution in [2.75, 3.05) is 25.0 Å². The van der Waals surface area contributed by atoms with Gasteiger partial charge in [-0.05, 0) is 32.4 Å². The van der Waals surface area contributed by atoms with Gasteiger partial charge in [0.2, 0.25) is 0 Å². The Labute approximate surface area is 228 Å². The first kappa shape index (κ1) is 32.8. The molecule has 1 atom stereocenters.